The maximum absolute atomic E-state index is 12.6. The van der Waals surface area contributed by atoms with Crippen molar-refractivity contribution in [2.75, 3.05) is 19.9 Å². The summed E-state index contributed by atoms with van der Waals surface area (Å²) in [6, 6.07) is 7.85. The molecule has 0 unspecified atom stereocenters. The molecule has 2 aliphatic heterocycles. The maximum Gasteiger partial charge on any atom is 0.276 e. The number of hydrogen-bond donors (Lipinski definition) is 0. The summed E-state index contributed by atoms with van der Waals surface area (Å²) in [6.45, 7) is 1.72. The van der Waals surface area contributed by atoms with Crippen LogP contribution in [0.15, 0.2) is 28.8 Å². The molecule has 1 aliphatic carbocycles. The Labute approximate surface area is 139 Å². The molecule has 1 amide bonds. The van der Waals surface area contributed by atoms with Gasteiger partial charge in [-0.3, -0.25) is 4.79 Å². The average Bonchev–Trinajstić information content (AvgIpc) is 3.07. The third-order valence-electron chi connectivity index (χ3n) is 5.07. The molecule has 3 heterocycles. The van der Waals surface area contributed by atoms with E-state index in [9.17, 15) is 4.79 Å². The second-order valence-corrected chi connectivity index (χ2v) is 6.74. The van der Waals surface area contributed by atoms with Gasteiger partial charge in [0.05, 0.1) is 0 Å². The Kier molecular flexibility index (Phi) is 3.04. The number of aromatic nitrogens is 1. The topological polar surface area (TPSA) is 64.8 Å². The molecule has 0 N–H and O–H groups in total. The van der Waals surface area contributed by atoms with Crippen LogP contribution in [-0.2, 0) is 0 Å². The fourth-order valence-corrected chi connectivity index (χ4v) is 3.50. The minimum atomic E-state index is -0.0334. The highest BCUT2D eigenvalue weighted by molar-refractivity contribution is 5.92. The van der Waals surface area contributed by atoms with Crippen molar-refractivity contribution >= 4 is 5.91 Å². The SMILES string of the molecule is O=C(c1cc(C2CC2)on1)N1CC[C@@H](c2ccc3c(c2)OCO3)C1. The lowest BCUT2D eigenvalue weighted by Gasteiger charge is -2.15. The molecule has 5 rings (SSSR count). The van der Waals surface area contributed by atoms with Crippen molar-refractivity contribution in [3.8, 4) is 11.5 Å². The van der Waals surface area contributed by atoms with Gasteiger partial charge < -0.3 is 18.9 Å². The molecule has 1 saturated heterocycles. The Hall–Kier alpha value is -2.50. The molecule has 1 atom stereocenters. The molecule has 0 radical (unpaired) electrons. The van der Waals surface area contributed by atoms with Crippen LogP contribution in [0.1, 0.15) is 52.9 Å². The Morgan fingerprint density at radius 2 is 1.96 bits per heavy atom. The number of carbonyl (C=O) groups excluding carboxylic acids is 1. The summed E-state index contributed by atoms with van der Waals surface area (Å²) in [5.74, 6) is 3.19. The van der Waals surface area contributed by atoms with Gasteiger partial charge >= 0.3 is 0 Å². The number of rotatable bonds is 3. The highest BCUT2D eigenvalue weighted by Gasteiger charge is 2.33. The lowest BCUT2D eigenvalue weighted by molar-refractivity contribution is 0.0780. The molecule has 3 aliphatic rings. The predicted molar refractivity (Wildman–Crippen MR) is 84.3 cm³/mol. The summed E-state index contributed by atoms with van der Waals surface area (Å²) in [4.78, 5) is 14.5. The maximum atomic E-state index is 12.6. The van der Waals surface area contributed by atoms with Crippen molar-refractivity contribution in [1.82, 2.24) is 10.1 Å². The Morgan fingerprint density at radius 1 is 1.08 bits per heavy atom. The van der Waals surface area contributed by atoms with E-state index in [4.69, 9.17) is 14.0 Å². The molecule has 1 aromatic carbocycles. The van der Waals surface area contributed by atoms with E-state index in [-0.39, 0.29) is 12.7 Å². The van der Waals surface area contributed by atoms with Crippen LogP contribution in [0.4, 0.5) is 0 Å². The van der Waals surface area contributed by atoms with Crippen molar-refractivity contribution in [3.05, 3.63) is 41.3 Å². The van der Waals surface area contributed by atoms with Gasteiger partial charge in [-0.15, -0.1) is 0 Å². The van der Waals surface area contributed by atoms with Crippen molar-refractivity contribution in [2.45, 2.75) is 31.1 Å². The molecule has 6 nitrogen and oxygen atoms in total. The zero-order chi connectivity index (χ0) is 16.1. The van der Waals surface area contributed by atoms with E-state index in [1.54, 1.807) is 0 Å². The first-order valence-electron chi connectivity index (χ1n) is 8.43. The third-order valence-corrected chi connectivity index (χ3v) is 5.07. The number of nitrogens with zero attached hydrogens (tertiary/aromatic N) is 2. The number of hydrogen-bond acceptors (Lipinski definition) is 5. The van der Waals surface area contributed by atoms with E-state index in [1.165, 1.54) is 5.56 Å². The second-order valence-electron chi connectivity index (χ2n) is 6.74. The first-order chi connectivity index (χ1) is 11.8. The van der Waals surface area contributed by atoms with E-state index >= 15 is 0 Å². The van der Waals surface area contributed by atoms with E-state index in [0.717, 1.165) is 43.1 Å². The molecule has 124 valence electrons. The second kappa shape index (κ2) is 5.26. The monoisotopic (exact) mass is 326 g/mol. The minimum Gasteiger partial charge on any atom is -0.454 e. The van der Waals surface area contributed by atoms with Gasteiger partial charge in [-0.2, -0.15) is 0 Å². The van der Waals surface area contributed by atoms with Crippen LogP contribution in [0.25, 0.3) is 0 Å². The van der Waals surface area contributed by atoms with Crippen LogP contribution < -0.4 is 9.47 Å². The average molecular weight is 326 g/mol. The smallest absolute Gasteiger partial charge is 0.276 e. The van der Waals surface area contributed by atoms with E-state index < -0.39 is 0 Å². The molecule has 0 spiro atoms. The third kappa shape index (κ3) is 2.33. The summed E-state index contributed by atoms with van der Waals surface area (Å²) in [5.41, 5.74) is 1.62. The molecule has 2 fully saturated rings. The normalized spacial score (nSPS) is 22.2. The Morgan fingerprint density at radius 3 is 2.83 bits per heavy atom. The van der Waals surface area contributed by atoms with Gasteiger partial charge in [0.2, 0.25) is 6.79 Å². The fourth-order valence-electron chi connectivity index (χ4n) is 3.50. The van der Waals surface area contributed by atoms with Gasteiger partial charge in [-0.25, -0.2) is 0 Å². The Bertz CT molecular complexity index is 796. The lowest BCUT2D eigenvalue weighted by atomic mass is 9.98. The van der Waals surface area contributed by atoms with Gasteiger partial charge in [-0.1, -0.05) is 11.2 Å². The van der Waals surface area contributed by atoms with Gasteiger partial charge in [0, 0.05) is 31.0 Å². The molecular formula is C18H18N2O4. The zero-order valence-corrected chi connectivity index (χ0v) is 13.2. The molecule has 2 aromatic rings. The number of benzene rings is 1. The standard InChI is InChI=1S/C18H18N2O4/c21-18(14-8-16(24-19-14)11-1-2-11)20-6-5-13(9-20)12-3-4-15-17(7-12)23-10-22-15/h3-4,7-8,11,13H,1-2,5-6,9-10H2/t13-/m1/s1. The summed E-state index contributed by atoms with van der Waals surface area (Å²) in [6.07, 6.45) is 3.22. The van der Waals surface area contributed by atoms with Crippen molar-refractivity contribution in [1.29, 1.82) is 0 Å². The van der Waals surface area contributed by atoms with Crippen LogP contribution in [0.3, 0.4) is 0 Å². The molecular weight excluding hydrogens is 308 g/mol. The van der Waals surface area contributed by atoms with Crippen LogP contribution >= 0.6 is 0 Å². The quantitative estimate of drug-likeness (QED) is 0.868. The molecule has 6 heteroatoms. The summed E-state index contributed by atoms with van der Waals surface area (Å²) in [7, 11) is 0. The van der Waals surface area contributed by atoms with Crippen molar-refractivity contribution < 1.29 is 18.8 Å². The number of carbonyl (C=O) groups is 1. The fraction of sp³-hybridized carbons (Fsp3) is 0.444. The highest BCUT2D eigenvalue weighted by atomic mass is 16.7. The summed E-state index contributed by atoms with van der Waals surface area (Å²) < 4.78 is 16.1. The van der Waals surface area contributed by atoms with Crippen LogP contribution in [0, 0.1) is 0 Å². The number of likely N-dealkylation sites (tertiary alicyclic amines) is 1. The minimum absolute atomic E-state index is 0.0334. The van der Waals surface area contributed by atoms with E-state index in [0.29, 0.717) is 24.1 Å². The molecule has 1 aromatic heterocycles. The van der Waals surface area contributed by atoms with Gasteiger partial charge in [-0.05, 0) is 37.0 Å². The molecule has 24 heavy (non-hydrogen) atoms. The van der Waals surface area contributed by atoms with Crippen LogP contribution in [0.5, 0.6) is 11.5 Å². The summed E-state index contributed by atoms with van der Waals surface area (Å²) in [5, 5.41) is 3.96. The predicted octanol–water partition coefficient (Wildman–Crippen LogP) is 2.91. The first kappa shape index (κ1) is 13.9. The summed E-state index contributed by atoms with van der Waals surface area (Å²) >= 11 is 0. The van der Waals surface area contributed by atoms with Crippen LogP contribution in [-0.4, -0.2) is 35.8 Å². The van der Waals surface area contributed by atoms with Crippen LogP contribution in [0.2, 0.25) is 0 Å². The number of amides is 1. The largest absolute Gasteiger partial charge is 0.454 e. The van der Waals surface area contributed by atoms with Crippen molar-refractivity contribution in [3.63, 3.8) is 0 Å². The van der Waals surface area contributed by atoms with Gasteiger partial charge in [0.25, 0.3) is 5.91 Å². The first-order valence-corrected chi connectivity index (χ1v) is 8.43. The molecule has 0 bridgehead atoms. The highest BCUT2D eigenvalue weighted by Crippen LogP contribution is 2.40. The molecule has 1 saturated carbocycles. The number of fused-ring (bicyclic) bond motifs is 1. The lowest BCUT2D eigenvalue weighted by Crippen LogP contribution is -2.28. The van der Waals surface area contributed by atoms with E-state index in [1.807, 2.05) is 23.1 Å². The zero-order valence-electron chi connectivity index (χ0n) is 13.2. The number of ether oxygens (including phenoxy) is 2. The van der Waals surface area contributed by atoms with Crippen molar-refractivity contribution in [2.24, 2.45) is 0 Å². The van der Waals surface area contributed by atoms with Gasteiger partial charge in [0.15, 0.2) is 17.2 Å². The van der Waals surface area contributed by atoms with Gasteiger partial charge in [0.1, 0.15) is 5.76 Å². The van der Waals surface area contributed by atoms with E-state index in [2.05, 4.69) is 11.2 Å². The Balaban J connectivity index is 1.30.